The van der Waals surface area contributed by atoms with E-state index in [1.165, 1.54) is 4.88 Å². The van der Waals surface area contributed by atoms with E-state index in [2.05, 4.69) is 5.32 Å². The molecule has 0 saturated heterocycles. The van der Waals surface area contributed by atoms with E-state index in [0.717, 1.165) is 6.42 Å². The Balaban J connectivity index is 1.74. The van der Waals surface area contributed by atoms with Gasteiger partial charge in [0.05, 0.1) is 5.56 Å². The molecule has 0 aliphatic heterocycles. The minimum atomic E-state index is -0.186. The molecule has 0 aliphatic carbocycles. The second-order valence-electron chi connectivity index (χ2n) is 4.08. The second-order valence-corrected chi connectivity index (χ2v) is 5.11. The first-order valence-electron chi connectivity index (χ1n) is 6.20. The zero-order valence-corrected chi connectivity index (χ0v) is 11.7. The van der Waals surface area contributed by atoms with Gasteiger partial charge in [-0.15, -0.1) is 11.3 Å². The summed E-state index contributed by atoms with van der Waals surface area (Å²) in [7, 11) is 0. The summed E-state index contributed by atoms with van der Waals surface area (Å²) in [6.07, 6.45) is 0.818. The lowest BCUT2D eigenvalue weighted by atomic mass is 10.2. The van der Waals surface area contributed by atoms with Gasteiger partial charge in [-0.3, -0.25) is 4.79 Å². The number of nitriles is 1. The van der Waals surface area contributed by atoms with Gasteiger partial charge in [-0.2, -0.15) is 5.26 Å². The summed E-state index contributed by atoms with van der Waals surface area (Å²) in [5.41, 5.74) is 0.430. The van der Waals surface area contributed by atoms with Crippen molar-refractivity contribution < 1.29 is 9.53 Å². The van der Waals surface area contributed by atoms with E-state index in [-0.39, 0.29) is 12.5 Å². The Morgan fingerprint density at radius 3 is 2.90 bits per heavy atom. The Labute approximate surface area is 121 Å². The molecule has 5 heteroatoms. The SMILES string of the molecule is N#Cc1ccccc1OCC(=O)NCCc1cccs1. The molecular weight excluding hydrogens is 272 g/mol. The summed E-state index contributed by atoms with van der Waals surface area (Å²) in [5, 5.41) is 13.7. The van der Waals surface area contributed by atoms with Crippen molar-refractivity contribution in [1.29, 1.82) is 5.26 Å². The molecule has 1 aromatic heterocycles. The van der Waals surface area contributed by atoms with Crippen molar-refractivity contribution in [2.45, 2.75) is 6.42 Å². The quantitative estimate of drug-likeness (QED) is 0.886. The Morgan fingerprint density at radius 2 is 2.15 bits per heavy atom. The molecule has 0 atom stereocenters. The molecular formula is C15H14N2O2S. The highest BCUT2D eigenvalue weighted by molar-refractivity contribution is 7.09. The predicted molar refractivity (Wildman–Crippen MR) is 77.7 cm³/mol. The van der Waals surface area contributed by atoms with Crippen molar-refractivity contribution in [2.24, 2.45) is 0 Å². The molecule has 0 fully saturated rings. The number of carbonyl (C=O) groups excluding carboxylic acids is 1. The van der Waals surface area contributed by atoms with Gasteiger partial charge in [-0.05, 0) is 30.0 Å². The van der Waals surface area contributed by atoms with Gasteiger partial charge in [-0.1, -0.05) is 18.2 Å². The molecule has 0 saturated carbocycles. The molecule has 1 aromatic carbocycles. The van der Waals surface area contributed by atoms with E-state index < -0.39 is 0 Å². The Bertz CT molecular complexity index is 603. The maximum Gasteiger partial charge on any atom is 0.257 e. The van der Waals surface area contributed by atoms with Gasteiger partial charge < -0.3 is 10.1 Å². The predicted octanol–water partition coefficient (Wildman–Crippen LogP) is 2.36. The van der Waals surface area contributed by atoms with E-state index in [0.29, 0.717) is 17.9 Å². The highest BCUT2D eigenvalue weighted by atomic mass is 32.1. The second kappa shape index (κ2) is 7.31. The third-order valence-electron chi connectivity index (χ3n) is 2.64. The monoisotopic (exact) mass is 286 g/mol. The number of carbonyl (C=O) groups is 1. The van der Waals surface area contributed by atoms with E-state index in [1.54, 1.807) is 35.6 Å². The van der Waals surface area contributed by atoms with Crippen LogP contribution in [0.5, 0.6) is 5.75 Å². The number of nitrogens with zero attached hydrogens (tertiary/aromatic N) is 1. The number of ether oxygens (including phenoxy) is 1. The van der Waals surface area contributed by atoms with Crippen molar-refractivity contribution in [3.05, 3.63) is 52.2 Å². The number of rotatable bonds is 6. The molecule has 0 bridgehead atoms. The van der Waals surface area contributed by atoms with Gasteiger partial charge >= 0.3 is 0 Å². The van der Waals surface area contributed by atoms with Crippen LogP contribution < -0.4 is 10.1 Å². The largest absolute Gasteiger partial charge is 0.482 e. The fourth-order valence-corrected chi connectivity index (χ4v) is 2.37. The fourth-order valence-electron chi connectivity index (χ4n) is 1.66. The number of nitrogens with one attached hydrogen (secondary N) is 1. The number of amides is 1. The third kappa shape index (κ3) is 4.11. The van der Waals surface area contributed by atoms with Gasteiger partial charge in [0.15, 0.2) is 6.61 Å². The zero-order chi connectivity index (χ0) is 14.2. The molecule has 0 spiro atoms. The van der Waals surface area contributed by atoms with Crippen molar-refractivity contribution >= 4 is 17.2 Å². The van der Waals surface area contributed by atoms with Crippen LogP contribution in [0.3, 0.4) is 0 Å². The van der Waals surface area contributed by atoms with Crippen LogP contribution in [0.15, 0.2) is 41.8 Å². The molecule has 102 valence electrons. The van der Waals surface area contributed by atoms with Crippen LogP contribution >= 0.6 is 11.3 Å². The standard InChI is InChI=1S/C15H14N2O2S/c16-10-12-4-1-2-6-14(12)19-11-15(18)17-8-7-13-5-3-9-20-13/h1-6,9H,7-8,11H2,(H,17,18). The third-order valence-corrected chi connectivity index (χ3v) is 3.58. The minimum Gasteiger partial charge on any atom is -0.482 e. The first-order chi connectivity index (χ1) is 9.79. The van der Waals surface area contributed by atoms with Crippen molar-refractivity contribution in [3.8, 4) is 11.8 Å². The summed E-state index contributed by atoms with van der Waals surface area (Å²) >= 11 is 1.67. The number of benzene rings is 1. The van der Waals surface area contributed by atoms with Crippen molar-refractivity contribution in [3.63, 3.8) is 0 Å². The number of para-hydroxylation sites is 1. The maximum absolute atomic E-state index is 11.6. The average molecular weight is 286 g/mol. The summed E-state index contributed by atoms with van der Waals surface area (Å²) in [6, 6.07) is 12.9. The first kappa shape index (κ1) is 14.1. The van der Waals surface area contributed by atoms with Crippen molar-refractivity contribution in [1.82, 2.24) is 5.32 Å². The van der Waals surface area contributed by atoms with Gasteiger partial charge in [0.2, 0.25) is 0 Å². The molecule has 0 unspecified atom stereocenters. The lowest BCUT2D eigenvalue weighted by Crippen LogP contribution is -2.30. The highest BCUT2D eigenvalue weighted by Gasteiger charge is 2.05. The smallest absolute Gasteiger partial charge is 0.257 e. The number of thiophene rings is 1. The fraction of sp³-hybridized carbons (Fsp3) is 0.200. The van der Waals surface area contributed by atoms with Crippen LogP contribution in [0, 0.1) is 11.3 Å². The van der Waals surface area contributed by atoms with Crippen molar-refractivity contribution in [2.75, 3.05) is 13.2 Å². The summed E-state index contributed by atoms with van der Waals surface area (Å²) in [6.45, 7) is 0.506. The molecule has 2 rings (SSSR count). The Hall–Kier alpha value is -2.32. The Kier molecular flexibility index (Phi) is 5.15. The van der Waals surface area contributed by atoms with Crippen LogP contribution in [0.2, 0.25) is 0 Å². The molecule has 1 N–H and O–H groups in total. The van der Waals surface area contributed by atoms with Crippen LogP contribution in [0.1, 0.15) is 10.4 Å². The normalized spacial score (nSPS) is 9.75. The summed E-state index contributed by atoms with van der Waals surface area (Å²) < 4.78 is 5.35. The van der Waals surface area contributed by atoms with Crippen LogP contribution in [0.25, 0.3) is 0 Å². The minimum absolute atomic E-state index is 0.0802. The Morgan fingerprint density at radius 1 is 1.30 bits per heavy atom. The van der Waals surface area contributed by atoms with Gasteiger partial charge in [0, 0.05) is 11.4 Å². The van der Waals surface area contributed by atoms with E-state index in [9.17, 15) is 4.79 Å². The first-order valence-corrected chi connectivity index (χ1v) is 7.08. The highest BCUT2D eigenvalue weighted by Crippen LogP contribution is 2.16. The summed E-state index contributed by atoms with van der Waals surface area (Å²) in [5.74, 6) is 0.248. The molecule has 20 heavy (non-hydrogen) atoms. The molecule has 4 nitrogen and oxygen atoms in total. The summed E-state index contributed by atoms with van der Waals surface area (Å²) in [4.78, 5) is 12.9. The van der Waals surface area contributed by atoms with Crippen LogP contribution in [-0.2, 0) is 11.2 Å². The number of hydrogen-bond acceptors (Lipinski definition) is 4. The molecule has 1 heterocycles. The van der Waals surface area contributed by atoms with Gasteiger partial charge in [0.1, 0.15) is 11.8 Å². The maximum atomic E-state index is 11.6. The molecule has 0 radical (unpaired) electrons. The number of hydrogen-bond donors (Lipinski definition) is 1. The van der Waals surface area contributed by atoms with Crippen LogP contribution in [0.4, 0.5) is 0 Å². The van der Waals surface area contributed by atoms with Crippen LogP contribution in [-0.4, -0.2) is 19.1 Å². The van der Waals surface area contributed by atoms with Gasteiger partial charge in [-0.25, -0.2) is 0 Å². The molecule has 0 aliphatic rings. The lowest BCUT2D eigenvalue weighted by Gasteiger charge is -2.08. The average Bonchev–Trinajstić information content (AvgIpc) is 2.98. The molecule has 2 aromatic rings. The van der Waals surface area contributed by atoms with Gasteiger partial charge in [0.25, 0.3) is 5.91 Å². The lowest BCUT2D eigenvalue weighted by molar-refractivity contribution is -0.123. The van der Waals surface area contributed by atoms with E-state index in [4.69, 9.17) is 10.00 Å². The van der Waals surface area contributed by atoms with E-state index in [1.807, 2.05) is 23.6 Å². The zero-order valence-electron chi connectivity index (χ0n) is 10.8. The molecule has 1 amide bonds. The topological polar surface area (TPSA) is 62.1 Å². The van der Waals surface area contributed by atoms with E-state index >= 15 is 0 Å².